The number of halogens is 1. The lowest BCUT2D eigenvalue weighted by molar-refractivity contribution is 0.161. The number of rotatable bonds is 2. The number of anilines is 1. The highest BCUT2D eigenvalue weighted by Gasteiger charge is 2.08. The fraction of sp³-hybridized carbons (Fsp3) is 0.222. The van der Waals surface area contributed by atoms with Crippen molar-refractivity contribution in [1.29, 1.82) is 0 Å². The van der Waals surface area contributed by atoms with Crippen LogP contribution in [0.3, 0.4) is 0 Å². The average molecular weight is 257 g/mol. The summed E-state index contributed by atoms with van der Waals surface area (Å²) in [5.41, 5.74) is 7.69. The minimum absolute atomic E-state index is 0.353. The van der Waals surface area contributed by atoms with Crippen LogP contribution in [0.4, 0.5) is 5.69 Å². The Balaban J connectivity index is 2.58. The molecule has 0 amide bonds. The van der Waals surface area contributed by atoms with Gasteiger partial charge < -0.3 is 14.9 Å². The Kier molecular flexibility index (Phi) is 2.43. The van der Waals surface area contributed by atoms with Crippen molar-refractivity contribution in [1.82, 2.24) is 4.98 Å². The molecule has 0 saturated carbocycles. The molecule has 14 heavy (non-hydrogen) atoms. The van der Waals surface area contributed by atoms with Crippen LogP contribution >= 0.6 is 15.9 Å². The summed E-state index contributed by atoms with van der Waals surface area (Å²) in [5, 5.41) is 0. The zero-order chi connectivity index (χ0) is 10.1. The summed E-state index contributed by atoms with van der Waals surface area (Å²) < 4.78 is 11.2. The Hall–Kier alpha value is -1.07. The van der Waals surface area contributed by atoms with Crippen LogP contribution in [-0.2, 0) is 11.3 Å². The average Bonchev–Trinajstić information content (AvgIpc) is 2.48. The van der Waals surface area contributed by atoms with E-state index in [1.807, 2.05) is 6.07 Å². The van der Waals surface area contributed by atoms with E-state index in [9.17, 15) is 0 Å². The number of nitrogen functional groups attached to an aromatic ring is 1. The number of ether oxygens (including phenoxy) is 1. The van der Waals surface area contributed by atoms with Crippen molar-refractivity contribution in [2.24, 2.45) is 0 Å². The van der Waals surface area contributed by atoms with Crippen molar-refractivity contribution >= 4 is 32.7 Å². The van der Waals surface area contributed by atoms with E-state index in [1.165, 1.54) is 0 Å². The number of nitrogens with zero attached hydrogens (tertiary/aromatic N) is 1. The Morgan fingerprint density at radius 2 is 2.36 bits per heavy atom. The SMILES string of the molecule is COCc1nc2cc(Br)cc(N)c2o1. The second kappa shape index (κ2) is 3.59. The van der Waals surface area contributed by atoms with Gasteiger partial charge in [0.25, 0.3) is 0 Å². The molecule has 0 fully saturated rings. The lowest BCUT2D eigenvalue weighted by Gasteiger charge is -1.94. The van der Waals surface area contributed by atoms with Crippen molar-refractivity contribution < 1.29 is 9.15 Å². The molecule has 0 aliphatic rings. The first-order valence-corrected chi connectivity index (χ1v) is 4.83. The Labute approximate surface area is 89.2 Å². The smallest absolute Gasteiger partial charge is 0.221 e. The number of aromatic nitrogens is 1. The first-order chi connectivity index (χ1) is 6.70. The van der Waals surface area contributed by atoms with Gasteiger partial charge in [-0.1, -0.05) is 15.9 Å². The molecule has 1 heterocycles. The van der Waals surface area contributed by atoms with Gasteiger partial charge in [-0.3, -0.25) is 0 Å². The van der Waals surface area contributed by atoms with Crippen LogP contribution in [0, 0.1) is 0 Å². The zero-order valence-electron chi connectivity index (χ0n) is 7.58. The van der Waals surface area contributed by atoms with Crippen LogP contribution in [-0.4, -0.2) is 12.1 Å². The monoisotopic (exact) mass is 256 g/mol. The summed E-state index contributed by atoms with van der Waals surface area (Å²) >= 11 is 3.34. The molecule has 2 rings (SSSR count). The molecule has 4 nitrogen and oxygen atoms in total. The molecule has 0 bridgehead atoms. The molecule has 0 saturated heterocycles. The minimum atomic E-state index is 0.353. The summed E-state index contributed by atoms with van der Waals surface area (Å²) in [6.07, 6.45) is 0. The normalized spacial score (nSPS) is 11.0. The van der Waals surface area contributed by atoms with Crippen molar-refractivity contribution in [3.63, 3.8) is 0 Å². The number of hydrogen-bond acceptors (Lipinski definition) is 4. The van der Waals surface area contributed by atoms with Gasteiger partial charge in [0.05, 0.1) is 5.69 Å². The van der Waals surface area contributed by atoms with E-state index >= 15 is 0 Å². The third-order valence-electron chi connectivity index (χ3n) is 1.80. The molecule has 74 valence electrons. The summed E-state index contributed by atoms with van der Waals surface area (Å²) in [6, 6.07) is 3.64. The third kappa shape index (κ3) is 1.60. The predicted molar refractivity (Wildman–Crippen MR) is 56.8 cm³/mol. The molecule has 1 aromatic carbocycles. The highest BCUT2D eigenvalue weighted by Crippen LogP contribution is 2.26. The van der Waals surface area contributed by atoms with Crippen LogP contribution in [0.15, 0.2) is 21.0 Å². The van der Waals surface area contributed by atoms with Crippen LogP contribution in [0.2, 0.25) is 0 Å². The van der Waals surface area contributed by atoms with Crippen LogP contribution in [0.5, 0.6) is 0 Å². The molecule has 0 spiro atoms. The quantitative estimate of drug-likeness (QED) is 0.838. The molecule has 0 aliphatic heterocycles. The third-order valence-corrected chi connectivity index (χ3v) is 2.25. The fourth-order valence-corrected chi connectivity index (χ4v) is 1.72. The number of fused-ring (bicyclic) bond motifs is 1. The highest BCUT2D eigenvalue weighted by molar-refractivity contribution is 9.10. The number of hydrogen-bond donors (Lipinski definition) is 1. The minimum Gasteiger partial charge on any atom is -0.436 e. The van der Waals surface area contributed by atoms with E-state index < -0.39 is 0 Å². The van der Waals surface area contributed by atoms with E-state index in [0.29, 0.717) is 23.8 Å². The molecular weight excluding hydrogens is 248 g/mol. The van der Waals surface area contributed by atoms with Gasteiger partial charge in [0.1, 0.15) is 12.1 Å². The largest absolute Gasteiger partial charge is 0.436 e. The first-order valence-electron chi connectivity index (χ1n) is 4.04. The van der Waals surface area contributed by atoms with Crippen LogP contribution in [0.1, 0.15) is 5.89 Å². The van der Waals surface area contributed by atoms with Gasteiger partial charge in [-0.25, -0.2) is 4.98 Å². The zero-order valence-corrected chi connectivity index (χ0v) is 9.17. The van der Waals surface area contributed by atoms with Crippen LogP contribution in [0.25, 0.3) is 11.1 Å². The van der Waals surface area contributed by atoms with E-state index in [4.69, 9.17) is 14.9 Å². The topological polar surface area (TPSA) is 61.3 Å². The van der Waals surface area contributed by atoms with Gasteiger partial charge in [0.15, 0.2) is 5.58 Å². The molecule has 0 unspecified atom stereocenters. The van der Waals surface area contributed by atoms with E-state index in [-0.39, 0.29) is 0 Å². The summed E-state index contributed by atoms with van der Waals surface area (Å²) in [7, 11) is 1.59. The van der Waals surface area contributed by atoms with Crippen molar-refractivity contribution in [3.05, 3.63) is 22.5 Å². The lowest BCUT2D eigenvalue weighted by atomic mass is 10.3. The Bertz CT molecular complexity index is 467. The Morgan fingerprint density at radius 3 is 3.07 bits per heavy atom. The molecule has 0 atom stereocenters. The van der Waals surface area contributed by atoms with Crippen LogP contribution < -0.4 is 5.73 Å². The second-order valence-electron chi connectivity index (χ2n) is 2.88. The van der Waals surface area contributed by atoms with Crippen molar-refractivity contribution in [2.45, 2.75) is 6.61 Å². The molecule has 1 aromatic heterocycles. The lowest BCUT2D eigenvalue weighted by Crippen LogP contribution is -1.85. The maximum atomic E-state index is 5.76. The number of oxazole rings is 1. The molecular formula is C9H9BrN2O2. The van der Waals surface area contributed by atoms with Gasteiger partial charge >= 0.3 is 0 Å². The molecule has 0 radical (unpaired) electrons. The highest BCUT2D eigenvalue weighted by atomic mass is 79.9. The standard InChI is InChI=1S/C9H9BrN2O2/c1-13-4-8-12-7-3-5(10)2-6(11)9(7)14-8/h2-3H,4,11H2,1H3. The van der Waals surface area contributed by atoms with E-state index in [0.717, 1.165) is 9.99 Å². The maximum Gasteiger partial charge on any atom is 0.221 e. The van der Waals surface area contributed by atoms with Gasteiger partial charge in [-0.15, -0.1) is 0 Å². The van der Waals surface area contributed by atoms with Gasteiger partial charge in [-0.05, 0) is 12.1 Å². The molecule has 0 aliphatic carbocycles. The predicted octanol–water partition coefficient (Wildman–Crippen LogP) is 2.32. The Morgan fingerprint density at radius 1 is 1.57 bits per heavy atom. The van der Waals surface area contributed by atoms with E-state index in [2.05, 4.69) is 20.9 Å². The number of nitrogens with two attached hydrogens (primary N) is 1. The molecule has 2 aromatic rings. The second-order valence-corrected chi connectivity index (χ2v) is 3.80. The number of benzene rings is 1. The summed E-state index contributed by atoms with van der Waals surface area (Å²) in [4.78, 5) is 4.22. The summed E-state index contributed by atoms with van der Waals surface area (Å²) in [6.45, 7) is 0.353. The maximum absolute atomic E-state index is 5.76. The molecule has 2 N–H and O–H groups in total. The van der Waals surface area contributed by atoms with Gasteiger partial charge in [-0.2, -0.15) is 0 Å². The molecule has 5 heteroatoms. The van der Waals surface area contributed by atoms with Gasteiger partial charge in [0, 0.05) is 11.6 Å². The number of methoxy groups -OCH3 is 1. The first kappa shape index (κ1) is 9.48. The fourth-order valence-electron chi connectivity index (χ4n) is 1.25. The van der Waals surface area contributed by atoms with Gasteiger partial charge in [0.2, 0.25) is 5.89 Å². The summed E-state index contributed by atoms with van der Waals surface area (Å²) in [5.74, 6) is 0.535. The van der Waals surface area contributed by atoms with Crippen molar-refractivity contribution in [2.75, 3.05) is 12.8 Å². The van der Waals surface area contributed by atoms with Crippen molar-refractivity contribution in [3.8, 4) is 0 Å². The van der Waals surface area contributed by atoms with E-state index in [1.54, 1.807) is 13.2 Å².